The third-order valence-corrected chi connectivity index (χ3v) is 2.52. The lowest BCUT2D eigenvalue weighted by molar-refractivity contribution is 0.444. The van der Waals surface area contributed by atoms with Crippen LogP contribution in [-0.4, -0.2) is 0 Å². The van der Waals surface area contributed by atoms with Gasteiger partial charge in [0, 0.05) is 5.56 Å². The van der Waals surface area contributed by atoms with Crippen molar-refractivity contribution in [3.05, 3.63) is 44.1 Å². The molecule has 0 saturated carbocycles. The van der Waals surface area contributed by atoms with Crippen LogP contribution in [0.3, 0.4) is 0 Å². The number of aryl methyl sites for hydroxylation is 1. The smallest absolute Gasteiger partial charge is 0.414 e. The van der Waals surface area contributed by atoms with Gasteiger partial charge in [-0.15, -0.1) is 0 Å². The van der Waals surface area contributed by atoms with E-state index >= 15 is 0 Å². The lowest BCUT2D eigenvalue weighted by atomic mass is 10.0. The number of hydrogen-bond donors (Lipinski definition) is 0. The van der Waals surface area contributed by atoms with Gasteiger partial charge in [0.05, 0.1) is 0 Å². The van der Waals surface area contributed by atoms with Gasteiger partial charge in [-0.1, -0.05) is 26.0 Å². The maximum atomic E-state index is 11.1. The minimum atomic E-state index is -0.962. The molecule has 0 spiro atoms. The standard InChI is InChI=1S/C12H12O4/c1-6(2)8-5-4-7(3)9-10(8)16-12(14)11(13)15-9/h4-6H,1-3H3. The minimum Gasteiger partial charge on any atom is -0.414 e. The SMILES string of the molecule is Cc1ccc(C(C)C)c2oc(=O)c(=O)oc12. The Morgan fingerprint density at radius 1 is 1.00 bits per heavy atom. The van der Waals surface area contributed by atoms with Crippen LogP contribution in [0.4, 0.5) is 0 Å². The monoisotopic (exact) mass is 220 g/mol. The molecule has 0 bridgehead atoms. The van der Waals surface area contributed by atoms with E-state index in [-0.39, 0.29) is 5.92 Å². The van der Waals surface area contributed by atoms with Gasteiger partial charge in [0.2, 0.25) is 0 Å². The van der Waals surface area contributed by atoms with Crippen molar-refractivity contribution in [2.24, 2.45) is 0 Å². The Kier molecular flexibility index (Phi) is 2.42. The summed E-state index contributed by atoms with van der Waals surface area (Å²) in [5, 5.41) is 0. The summed E-state index contributed by atoms with van der Waals surface area (Å²) in [7, 11) is 0. The zero-order chi connectivity index (χ0) is 11.9. The van der Waals surface area contributed by atoms with Crippen molar-refractivity contribution in [3.63, 3.8) is 0 Å². The molecule has 4 heteroatoms. The second-order valence-corrected chi connectivity index (χ2v) is 4.06. The van der Waals surface area contributed by atoms with Gasteiger partial charge in [0.25, 0.3) is 0 Å². The Labute approximate surface area is 91.5 Å². The van der Waals surface area contributed by atoms with Crippen LogP contribution in [0, 0.1) is 6.92 Å². The van der Waals surface area contributed by atoms with Gasteiger partial charge in [-0.3, -0.25) is 0 Å². The maximum Gasteiger partial charge on any atom is 0.423 e. The van der Waals surface area contributed by atoms with E-state index in [2.05, 4.69) is 0 Å². The molecule has 1 aromatic carbocycles. The molecule has 0 atom stereocenters. The molecular formula is C12H12O4. The highest BCUT2D eigenvalue weighted by Gasteiger charge is 2.13. The lowest BCUT2D eigenvalue weighted by Crippen LogP contribution is -2.21. The van der Waals surface area contributed by atoms with Gasteiger partial charge in [-0.2, -0.15) is 0 Å². The van der Waals surface area contributed by atoms with Gasteiger partial charge in [-0.05, 0) is 18.4 Å². The summed E-state index contributed by atoms with van der Waals surface area (Å²) in [4.78, 5) is 22.2. The van der Waals surface area contributed by atoms with E-state index in [1.54, 1.807) is 6.92 Å². The molecule has 0 fully saturated rings. The topological polar surface area (TPSA) is 60.4 Å². The zero-order valence-electron chi connectivity index (χ0n) is 9.37. The number of hydrogen-bond acceptors (Lipinski definition) is 4. The molecule has 0 unspecified atom stereocenters. The molecule has 0 saturated heterocycles. The normalized spacial score (nSPS) is 11.2. The number of fused-ring (bicyclic) bond motifs is 1. The van der Waals surface area contributed by atoms with Gasteiger partial charge in [-0.25, -0.2) is 9.59 Å². The molecule has 1 heterocycles. The molecule has 2 rings (SSSR count). The highest BCUT2D eigenvalue weighted by molar-refractivity contribution is 5.77. The van der Waals surface area contributed by atoms with Gasteiger partial charge in [0.15, 0.2) is 11.2 Å². The van der Waals surface area contributed by atoms with Crippen LogP contribution in [0.5, 0.6) is 0 Å². The molecule has 0 radical (unpaired) electrons. The summed E-state index contributed by atoms with van der Waals surface area (Å²) in [6, 6.07) is 3.73. The highest BCUT2D eigenvalue weighted by atomic mass is 16.5. The van der Waals surface area contributed by atoms with E-state index in [4.69, 9.17) is 8.83 Å². The van der Waals surface area contributed by atoms with E-state index in [0.717, 1.165) is 11.1 Å². The Hall–Kier alpha value is -1.84. The first kappa shape index (κ1) is 10.7. The fraction of sp³-hybridized carbons (Fsp3) is 0.333. The number of rotatable bonds is 1. The zero-order valence-corrected chi connectivity index (χ0v) is 9.37. The van der Waals surface area contributed by atoms with Crippen molar-refractivity contribution < 1.29 is 8.83 Å². The van der Waals surface area contributed by atoms with Crippen LogP contribution >= 0.6 is 0 Å². The molecule has 4 nitrogen and oxygen atoms in total. The molecular weight excluding hydrogens is 208 g/mol. The first-order valence-electron chi connectivity index (χ1n) is 5.08. The molecule has 84 valence electrons. The van der Waals surface area contributed by atoms with Gasteiger partial charge in [0.1, 0.15) is 0 Å². The Balaban J connectivity index is 2.99. The lowest BCUT2D eigenvalue weighted by Gasteiger charge is -2.08. The van der Waals surface area contributed by atoms with Crippen molar-refractivity contribution in [2.75, 3.05) is 0 Å². The van der Waals surface area contributed by atoms with Crippen LogP contribution < -0.4 is 11.3 Å². The fourth-order valence-electron chi connectivity index (χ4n) is 1.63. The molecule has 0 N–H and O–H groups in total. The molecule has 16 heavy (non-hydrogen) atoms. The minimum absolute atomic E-state index is 0.193. The predicted molar refractivity (Wildman–Crippen MR) is 59.8 cm³/mol. The molecule has 0 aliphatic carbocycles. The number of benzene rings is 1. The Bertz CT molecular complexity index is 646. The van der Waals surface area contributed by atoms with Crippen LogP contribution in [0.2, 0.25) is 0 Å². The molecule has 0 aliphatic rings. The van der Waals surface area contributed by atoms with Gasteiger partial charge < -0.3 is 8.83 Å². The summed E-state index contributed by atoms with van der Waals surface area (Å²) in [6.45, 7) is 5.76. The highest BCUT2D eigenvalue weighted by Crippen LogP contribution is 2.25. The average Bonchev–Trinajstić information content (AvgIpc) is 2.21. The van der Waals surface area contributed by atoms with Crippen LogP contribution in [0.25, 0.3) is 11.2 Å². The first-order valence-corrected chi connectivity index (χ1v) is 5.08. The van der Waals surface area contributed by atoms with E-state index in [1.165, 1.54) is 0 Å². The van der Waals surface area contributed by atoms with Crippen molar-refractivity contribution >= 4 is 11.2 Å². The third kappa shape index (κ3) is 1.56. The van der Waals surface area contributed by atoms with Gasteiger partial charge >= 0.3 is 11.3 Å². The van der Waals surface area contributed by atoms with Crippen molar-refractivity contribution in [1.82, 2.24) is 0 Å². The van der Waals surface area contributed by atoms with E-state index in [0.29, 0.717) is 11.2 Å². The molecule has 2 aromatic rings. The van der Waals surface area contributed by atoms with Crippen LogP contribution in [0.1, 0.15) is 30.9 Å². The summed E-state index contributed by atoms with van der Waals surface area (Å²) >= 11 is 0. The molecule has 0 amide bonds. The van der Waals surface area contributed by atoms with E-state index in [1.807, 2.05) is 26.0 Å². The third-order valence-electron chi connectivity index (χ3n) is 2.52. The Morgan fingerprint density at radius 2 is 1.56 bits per heavy atom. The summed E-state index contributed by atoms with van der Waals surface area (Å²) in [6.07, 6.45) is 0. The summed E-state index contributed by atoms with van der Waals surface area (Å²) < 4.78 is 9.96. The van der Waals surface area contributed by atoms with Crippen molar-refractivity contribution in [2.45, 2.75) is 26.7 Å². The van der Waals surface area contributed by atoms with Crippen molar-refractivity contribution in [3.8, 4) is 0 Å². The molecule has 0 aliphatic heterocycles. The van der Waals surface area contributed by atoms with Crippen molar-refractivity contribution in [1.29, 1.82) is 0 Å². The van der Waals surface area contributed by atoms with E-state index < -0.39 is 11.3 Å². The fourth-order valence-corrected chi connectivity index (χ4v) is 1.63. The quantitative estimate of drug-likeness (QED) is 0.691. The predicted octanol–water partition coefficient (Wildman–Crippen LogP) is 2.18. The first-order chi connectivity index (χ1) is 7.50. The molecule has 1 aromatic heterocycles. The second-order valence-electron chi connectivity index (χ2n) is 4.06. The van der Waals surface area contributed by atoms with Crippen LogP contribution in [0.15, 0.2) is 30.6 Å². The van der Waals surface area contributed by atoms with Crippen LogP contribution in [-0.2, 0) is 0 Å². The second kappa shape index (κ2) is 3.63. The Morgan fingerprint density at radius 3 is 2.12 bits per heavy atom. The largest absolute Gasteiger partial charge is 0.423 e. The maximum absolute atomic E-state index is 11.1. The van der Waals surface area contributed by atoms with E-state index in [9.17, 15) is 9.59 Å². The summed E-state index contributed by atoms with van der Waals surface area (Å²) in [5.74, 6) is 0.193. The summed E-state index contributed by atoms with van der Waals surface area (Å²) in [5.41, 5.74) is 0.452. The average molecular weight is 220 g/mol.